The Hall–Kier alpha value is -0.980. The summed E-state index contributed by atoms with van der Waals surface area (Å²) < 4.78 is 0.976. The molecule has 0 unspecified atom stereocenters. The summed E-state index contributed by atoms with van der Waals surface area (Å²) in [6, 6.07) is 5.69. The van der Waals surface area contributed by atoms with Crippen molar-refractivity contribution >= 4 is 21.6 Å². The maximum absolute atomic E-state index is 5.75. The summed E-state index contributed by atoms with van der Waals surface area (Å²) in [5.41, 5.74) is 7.33. The van der Waals surface area contributed by atoms with Crippen molar-refractivity contribution in [1.29, 1.82) is 0 Å². The number of hydrogen-bond acceptors (Lipinski definition) is 2. The highest BCUT2D eigenvalue weighted by Gasteiger charge is 1.94. The van der Waals surface area contributed by atoms with Crippen molar-refractivity contribution in [2.45, 2.75) is 0 Å². The number of nitrogens with one attached hydrogen (secondary N) is 1. The van der Waals surface area contributed by atoms with Crippen LogP contribution in [0.5, 0.6) is 0 Å². The molecule has 0 aliphatic heterocycles. The van der Waals surface area contributed by atoms with E-state index in [2.05, 4.69) is 33.1 Å². The Morgan fingerprint density at radius 3 is 2.92 bits per heavy atom. The lowest BCUT2D eigenvalue weighted by Crippen LogP contribution is -2.04. The van der Waals surface area contributed by atoms with E-state index in [1.807, 2.05) is 25.2 Å². The summed E-state index contributed by atoms with van der Waals surface area (Å²) in [7, 11) is 1.86. The Balaban J connectivity index is 2.85. The molecule has 0 aliphatic rings. The number of anilines is 1. The van der Waals surface area contributed by atoms with Crippen molar-refractivity contribution in [3.05, 3.63) is 28.2 Å². The lowest BCUT2D eigenvalue weighted by atomic mass is 10.2. The molecule has 0 fully saturated rings. The van der Waals surface area contributed by atoms with Crippen LogP contribution in [0.3, 0.4) is 0 Å². The maximum Gasteiger partial charge on any atom is 0.0577 e. The van der Waals surface area contributed by atoms with Crippen molar-refractivity contribution in [2.75, 3.05) is 19.3 Å². The van der Waals surface area contributed by atoms with Crippen LogP contribution in [0.4, 0.5) is 5.69 Å². The van der Waals surface area contributed by atoms with Crippen LogP contribution in [0.1, 0.15) is 5.56 Å². The molecule has 0 radical (unpaired) electrons. The second-order valence-corrected chi connectivity index (χ2v) is 3.48. The number of benzene rings is 1. The quantitative estimate of drug-likeness (QED) is 0.577. The third kappa shape index (κ3) is 3.10. The summed E-state index contributed by atoms with van der Waals surface area (Å²) in [6.45, 7) is 0.676. The van der Waals surface area contributed by atoms with Crippen molar-refractivity contribution in [1.82, 2.24) is 5.32 Å². The molecular weight excluding hydrogens is 228 g/mol. The minimum absolute atomic E-state index is 0.676. The van der Waals surface area contributed by atoms with Crippen molar-refractivity contribution in [3.63, 3.8) is 0 Å². The summed E-state index contributed by atoms with van der Waals surface area (Å²) in [4.78, 5) is 0. The van der Waals surface area contributed by atoms with Gasteiger partial charge in [0.2, 0.25) is 0 Å². The van der Waals surface area contributed by atoms with Crippen LogP contribution >= 0.6 is 15.9 Å². The molecule has 0 saturated heterocycles. The van der Waals surface area contributed by atoms with E-state index in [1.54, 1.807) is 0 Å². The van der Waals surface area contributed by atoms with Crippen molar-refractivity contribution in [2.24, 2.45) is 0 Å². The third-order valence-corrected chi connectivity index (χ3v) is 2.00. The zero-order valence-corrected chi connectivity index (χ0v) is 8.98. The van der Waals surface area contributed by atoms with E-state index in [-0.39, 0.29) is 0 Å². The van der Waals surface area contributed by atoms with E-state index in [0.717, 1.165) is 10.0 Å². The molecule has 0 bridgehead atoms. The predicted molar refractivity (Wildman–Crippen MR) is 59.4 cm³/mol. The lowest BCUT2D eigenvalue weighted by molar-refractivity contribution is 0.938. The summed E-state index contributed by atoms with van der Waals surface area (Å²) in [5.74, 6) is 5.94. The van der Waals surface area contributed by atoms with Crippen LogP contribution in [0.15, 0.2) is 22.7 Å². The first-order chi connectivity index (χ1) is 6.24. The van der Waals surface area contributed by atoms with Crippen molar-refractivity contribution in [3.8, 4) is 11.8 Å². The number of hydrogen-bond donors (Lipinski definition) is 2. The zero-order chi connectivity index (χ0) is 9.68. The smallest absolute Gasteiger partial charge is 0.0577 e. The fourth-order valence-electron chi connectivity index (χ4n) is 0.875. The Morgan fingerprint density at radius 1 is 1.54 bits per heavy atom. The highest BCUT2D eigenvalue weighted by Crippen LogP contribution is 2.17. The van der Waals surface area contributed by atoms with Gasteiger partial charge in [-0.15, -0.1) is 0 Å². The predicted octanol–water partition coefficient (Wildman–Crippen LogP) is 1.60. The van der Waals surface area contributed by atoms with Gasteiger partial charge in [0.25, 0.3) is 0 Å². The second kappa shape index (κ2) is 4.90. The van der Waals surface area contributed by atoms with Gasteiger partial charge in [0, 0.05) is 15.7 Å². The molecular formula is C10H11BrN2. The van der Waals surface area contributed by atoms with E-state index in [4.69, 9.17) is 5.73 Å². The molecule has 0 saturated carbocycles. The van der Waals surface area contributed by atoms with Crippen LogP contribution in [0, 0.1) is 11.8 Å². The van der Waals surface area contributed by atoms with E-state index in [9.17, 15) is 0 Å². The molecule has 1 rings (SSSR count). The summed E-state index contributed by atoms with van der Waals surface area (Å²) >= 11 is 3.34. The van der Waals surface area contributed by atoms with Crippen LogP contribution < -0.4 is 11.1 Å². The SMILES string of the molecule is CNCC#Cc1ccc(Br)cc1N. The first-order valence-corrected chi connectivity index (χ1v) is 4.72. The number of rotatable bonds is 1. The number of nitrogens with two attached hydrogens (primary N) is 1. The molecule has 0 aliphatic carbocycles. The molecule has 68 valence electrons. The normalized spacial score (nSPS) is 9.08. The zero-order valence-electron chi connectivity index (χ0n) is 7.39. The van der Waals surface area contributed by atoms with Gasteiger partial charge < -0.3 is 11.1 Å². The van der Waals surface area contributed by atoms with E-state index >= 15 is 0 Å². The van der Waals surface area contributed by atoms with Gasteiger partial charge in [0.1, 0.15) is 0 Å². The molecule has 3 N–H and O–H groups in total. The van der Waals surface area contributed by atoms with Gasteiger partial charge in [-0.2, -0.15) is 0 Å². The molecule has 0 amide bonds. The Kier molecular flexibility index (Phi) is 3.81. The molecule has 3 heteroatoms. The fraction of sp³-hybridized carbons (Fsp3) is 0.200. The maximum atomic E-state index is 5.75. The van der Waals surface area contributed by atoms with E-state index in [1.165, 1.54) is 0 Å². The first-order valence-electron chi connectivity index (χ1n) is 3.92. The highest BCUT2D eigenvalue weighted by molar-refractivity contribution is 9.10. The Labute approximate surface area is 86.6 Å². The van der Waals surface area contributed by atoms with Crippen LogP contribution in [-0.4, -0.2) is 13.6 Å². The molecule has 1 aromatic carbocycles. The standard InChI is InChI=1S/C10H11BrN2/c1-13-6-2-3-8-4-5-9(11)7-10(8)12/h4-5,7,13H,6,12H2,1H3. The van der Waals surface area contributed by atoms with Crippen LogP contribution in [-0.2, 0) is 0 Å². The molecule has 0 spiro atoms. The van der Waals surface area contributed by atoms with Gasteiger partial charge in [-0.25, -0.2) is 0 Å². The van der Waals surface area contributed by atoms with E-state index in [0.29, 0.717) is 12.2 Å². The average molecular weight is 239 g/mol. The molecule has 0 atom stereocenters. The summed E-state index contributed by atoms with van der Waals surface area (Å²) in [5, 5.41) is 2.95. The average Bonchev–Trinajstić information content (AvgIpc) is 2.09. The fourth-order valence-corrected chi connectivity index (χ4v) is 1.25. The molecule has 1 aromatic rings. The third-order valence-electron chi connectivity index (χ3n) is 1.50. The minimum Gasteiger partial charge on any atom is -0.398 e. The summed E-state index contributed by atoms with van der Waals surface area (Å²) in [6.07, 6.45) is 0. The topological polar surface area (TPSA) is 38.0 Å². The largest absolute Gasteiger partial charge is 0.398 e. The van der Waals surface area contributed by atoms with Gasteiger partial charge in [-0.1, -0.05) is 27.8 Å². The molecule has 0 heterocycles. The highest BCUT2D eigenvalue weighted by atomic mass is 79.9. The number of halogens is 1. The monoisotopic (exact) mass is 238 g/mol. The molecule has 2 nitrogen and oxygen atoms in total. The lowest BCUT2D eigenvalue weighted by Gasteiger charge is -1.97. The van der Waals surface area contributed by atoms with Crippen LogP contribution in [0.2, 0.25) is 0 Å². The number of nitrogen functional groups attached to an aromatic ring is 1. The van der Waals surface area contributed by atoms with Gasteiger partial charge in [-0.05, 0) is 25.2 Å². The minimum atomic E-state index is 0.676. The Morgan fingerprint density at radius 2 is 2.31 bits per heavy atom. The van der Waals surface area contributed by atoms with Gasteiger partial charge in [0.05, 0.1) is 6.54 Å². The molecule has 13 heavy (non-hydrogen) atoms. The van der Waals surface area contributed by atoms with Gasteiger partial charge >= 0.3 is 0 Å². The van der Waals surface area contributed by atoms with Crippen molar-refractivity contribution < 1.29 is 0 Å². The van der Waals surface area contributed by atoms with E-state index < -0.39 is 0 Å². The molecule has 0 aromatic heterocycles. The van der Waals surface area contributed by atoms with Gasteiger partial charge in [0.15, 0.2) is 0 Å². The Bertz CT molecular complexity index is 350. The first kappa shape index (κ1) is 10.1. The van der Waals surface area contributed by atoms with Gasteiger partial charge in [-0.3, -0.25) is 0 Å². The second-order valence-electron chi connectivity index (χ2n) is 2.56. The van der Waals surface area contributed by atoms with Crippen LogP contribution in [0.25, 0.3) is 0 Å².